The van der Waals surface area contributed by atoms with Crippen molar-refractivity contribution in [3.63, 3.8) is 0 Å². The molecular weight excluding hydrogens is 306 g/mol. The molecule has 1 aromatic carbocycles. The first-order chi connectivity index (χ1) is 11.7. The smallest absolute Gasteiger partial charge is 0.274 e. The fraction of sp³-hybridized carbons (Fsp3) is 0.444. The molecule has 0 bridgehead atoms. The molecule has 0 unspecified atom stereocenters. The van der Waals surface area contributed by atoms with E-state index in [4.69, 9.17) is 9.47 Å². The number of likely N-dealkylation sites (N-methyl/N-ethyl adjacent to an activating group) is 1. The highest BCUT2D eigenvalue weighted by molar-refractivity contribution is 5.92. The predicted molar refractivity (Wildman–Crippen MR) is 90.7 cm³/mol. The van der Waals surface area contributed by atoms with Gasteiger partial charge in [-0.25, -0.2) is 4.68 Å². The lowest BCUT2D eigenvalue weighted by atomic mass is 10.2. The Labute approximate surface area is 142 Å². The minimum atomic E-state index is -0.0553. The lowest BCUT2D eigenvalue weighted by Crippen LogP contribution is -2.37. The van der Waals surface area contributed by atoms with Crippen LogP contribution >= 0.6 is 0 Å². The van der Waals surface area contributed by atoms with Crippen LogP contribution in [0.15, 0.2) is 36.5 Å². The number of ether oxygens (including phenoxy) is 2. The van der Waals surface area contributed by atoms with Crippen LogP contribution in [-0.4, -0.2) is 53.5 Å². The third kappa shape index (κ3) is 3.59. The van der Waals surface area contributed by atoms with Crippen LogP contribution in [0, 0.1) is 0 Å². The number of hydrogen-bond donors (Lipinski definition) is 0. The Bertz CT molecular complexity index is 675. The fourth-order valence-corrected chi connectivity index (χ4v) is 2.87. The van der Waals surface area contributed by atoms with Gasteiger partial charge in [0.1, 0.15) is 5.75 Å². The second-order valence-electron chi connectivity index (χ2n) is 5.82. The molecule has 3 rings (SSSR count). The largest absolute Gasteiger partial charge is 0.497 e. The van der Waals surface area contributed by atoms with Gasteiger partial charge in [0.2, 0.25) is 0 Å². The van der Waals surface area contributed by atoms with Gasteiger partial charge >= 0.3 is 0 Å². The topological polar surface area (TPSA) is 56.6 Å². The van der Waals surface area contributed by atoms with Crippen molar-refractivity contribution in [2.24, 2.45) is 0 Å². The number of rotatable bonds is 6. The van der Waals surface area contributed by atoms with Crippen LogP contribution in [0.1, 0.15) is 30.3 Å². The van der Waals surface area contributed by atoms with Gasteiger partial charge in [-0.15, -0.1) is 0 Å². The average Bonchev–Trinajstić information content (AvgIpc) is 3.31. The van der Waals surface area contributed by atoms with E-state index in [1.807, 2.05) is 31.2 Å². The monoisotopic (exact) mass is 329 g/mol. The van der Waals surface area contributed by atoms with Crippen LogP contribution in [0.5, 0.6) is 5.75 Å². The molecule has 6 heteroatoms. The summed E-state index contributed by atoms with van der Waals surface area (Å²) in [6.45, 7) is 4.05. The van der Waals surface area contributed by atoms with E-state index in [0.717, 1.165) is 30.9 Å². The molecule has 0 spiro atoms. The fourth-order valence-electron chi connectivity index (χ4n) is 2.87. The summed E-state index contributed by atoms with van der Waals surface area (Å²) in [5.41, 5.74) is 1.34. The highest BCUT2D eigenvalue weighted by Crippen LogP contribution is 2.17. The Morgan fingerprint density at radius 2 is 2.17 bits per heavy atom. The molecule has 1 aromatic heterocycles. The van der Waals surface area contributed by atoms with E-state index in [1.54, 1.807) is 29.0 Å². The van der Waals surface area contributed by atoms with Gasteiger partial charge < -0.3 is 14.4 Å². The summed E-state index contributed by atoms with van der Waals surface area (Å²) in [6, 6.07) is 9.31. The third-order valence-electron chi connectivity index (χ3n) is 4.26. The van der Waals surface area contributed by atoms with E-state index in [2.05, 4.69) is 5.10 Å². The van der Waals surface area contributed by atoms with E-state index >= 15 is 0 Å². The van der Waals surface area contributed by atoms with Crippen molar-refractivity contribution in [2.45, 2.75) is 25.9 Å². The summed E-state index contributed by atoms with van der Waals surface area (Å²) in [4.78, 5) is 14.5. The molecule has 0 N–H and O–H groups in total. The third-order valence-corrected chi connectivity index (χ3v) is 4.26. The molecule has 128 valence electrons. The molecule has 1 amide bonds. The maximum absolute atomic E-state index is 12.7. The van der Waals surface area contributed by atoms with Crippen LogP contribution in [0.3, 0.4) is 0 Å². The van der Waals surface area contributed by atoms with E-state index in [9.17, 15) is 4.79 Å². The van der Waals surface area contributed by atoms with Crippen molar-refractivity contribution in [3.05, 3.63) is 42.2 Å². The number of methoxy groups -OCH3 is 1. The molecule has 0 saturated carbocycles. The molecule has 2 aromatic rings. The Kier molecular flexibility index (Phi) is 5.15. The highest BCUT2D eigenvalue weighted by atomic mass is 16.5. The molecule has 6 nitrogen and oxygen atoms in total. The van der Waals surface area contributed by atoms with Crippen LogP contribution < -0.4 is 4.74 Å². The predicted octanol–water partition coefficient (Wildman–Crippen LogP) is 2.52. The summed E-state index contributed by atoms with van der Waals surface area (Å²) >= 11 is 0. The number of amides is 1. The van der Waals surface area contributed by atoms with Crippen LogP contribution in [0.4, 0.5) is 0 Å². The SMILES string of the molecule is CCN(C[C@@H]1CCCO1)C(=O)c1ccn(-c2ccc(OC)cc2)n1. The molecule has 2 heterocycles. The first-order valence-corrected chi connectivity index (χ1v) is 8.32. The maximum atomic E-state index is 12.7. The van der Waals surface area contributed by atoms with Gasteiger partial charge in [0, 0.05) is 25.9 Å². The van der Waals surface area contributed by atoms with Crippen molar-refractivity contribution < 1.29 is 14.3 Å². The maximum Gasteiger partial charge on any atom is 0.274 e. The first kappa shape index (κ1) is 16.5. The van der Waals surface area contributed by atoms with Crippen LogP contribution in [0.25, 0.3) is 5.69 Å². The molecular formula is C18H23N3O3. The van der Waals surface area contributed by atoms with Crippen molar-refractivity contribution in [1.29, 1.82) is 0 Å². The summed E-state index contributed by atoms with van der Waals surface area (Å²) in [6.07, 6.45) is 4.04. The molecule has 24 heavy (non-hydrogen) atoms. The van der Waals surface area contributed by atoms with Gasteiger partial charge in [-0.3, -0.25) is 4.79 Å². The second-order valence-corrected chi connectivity index (χ2v) is 5.82. The van der Waals surface area contributed by atoms with E-state index in [0.29, 0.717) is 18.8 Å². The van der Waals surface area contributed by atoms with Gasteiger partial charge in [-0.05, 0) is 50.1 Å². The Morgan fingerprint density at radius 1 is 1.38 bits per heavy atom. The number of carbonyl (C=O) groups excluding carboxylic acids is 1. The number of nitrogens with zero attached hydrogens (tertiary/aromatic N) is 3. The molecule has 1 saturated heterocycles. The van der Waals surface area contributed by atoms with Gasteiger partial charge in [-0.1, -0.05) is 0 Å². The zero-order chi connectivity index (χ0) is 16.9. The second kappa shape index (κ2) is 7.49. The zero-order valence-corrected chi connectivity index (χ0v) is 14.1. The highest BCUT2D eigenvalue weighted by Gasteiger charge is 2.23. The van der Waals surface area contributed by atoms with Gasteiger partial charge in [0.05, 0.1) is 18.9 Å². The summed E-state index contributed by atoms with van der Waals surface area (Å²) in [7, 11) is 1.63. The van der Waals surface area contributed by atoms with Crippen molar-refractivity contribution in [3.8, 4) is 11.4 Å². The summed E-state index contributed by atoms with van der Waals surface area (Å²) in [5, 5.41) is 4.42. The number of benzene rings is 1. The minimum Gasteiger partial charge on any atom is -0.497 e. The lowest BCUT2D eigenvalue weighted by Gasteiger charge is -2.23. The average molecular weight is 329 g/mol. The quantitative estimate of drug-likeness (QED) is 0.817. The van der Waals surface area contributed by atoms with E-state index < -0.39 is 0 Å². The molecule has 1 fully saturated rings. The molecule has 1 aliphatic rings. The number of hydrogen-bond acceptors (Lipinski definition) is 4. The van der Waals surface area contributed by atoms with Crippen LogP contribution in [-0.2, 0) is 4.74 Å². The van der Waals surface area contributed by atoms with Gasteiger partial charge in [0.25, 0.3) is 5.91 Å². The lowest BCUT2D eigenvalue weighted by molar-refractivity contribution is 0.0534. The Hall–Kier alpha value is -2.34. The Balaban J connectivity index is 1.71. The summed E-state index contributed by atoms with van der Waals surface area (Å²) < 4.78 is 12.5. The van der Waals surface area contributed by atoms with Crippen molar-refractivity contribution in [1.82, 2.24) is 14.7 Å². The molecule has 1 aliphatic heterocycles. The standard InChI is InChI=1S/C18H23N3O3/c1-3-20(13-16-5-4-12-24-16)18(22)17-10-11-21(19-17)14-6-8-15(23-2)9-7-14/h6-11,16H,3-5,12-13H2,1-2H3/t16-/m0/s1. The molecule has 0 radical (unpaired) electrons. The first-order valence-electron chi connectivity index (χ1n) is 8.32. The normalized spacial score (nSPS) is 17.0. The van der Waals surface area contributed by atoms with E-state index in [1.165, 1.54) is 0 Å². The van der Waals surface area contributed by atoms with Crippen LogP contribution in [0.2, 0.25) is 0 Å². The Morgan fingerprint density at radius 3 is 2.79 bits per heavy atom. The summed E-state index contributed by atoms with van der Waals surface area (Å²) in [5.74, 6) is 0.733. The van der Waals surface area contributed by atoms with Crippen molar-refractivity contribution >= 4 is 5.91 Å². The van der Waals surface area contributed by atoms with Crippen molar-refractivity contribution in [2.75, 3.05) is 26.8 Å². The number of carbonyl (C=O) groups is 1. The zero-order valence-electron chi connectivity index (χ0n) is 14.1. The van der Waals surface area contributed by atoms with E-state index in [-0.39, 0.29) is 12.0 Å². The molecule has 1 atom stereocenters. The van der Waals surface area contributed by atoms with Gasteiger partial charge in [0.15, 0.2) is 5.69 Å². The molecule has 0 aliphatic carbocycles. The van der Waals surface area contributed by atoms with Gasteiger partial charge in [-0.2, -0.15) is 5.10 Å². The minimum absolute atomic E-state index is 0.0553. The number of aromatic nitrogens is 2.